The Bertz CT molecular complexity index is 514. The van der Waals surface area contributed by atoms with E-state index in [2.05, 4.69) is 0 Å². The number of ether oxygens (including phenoxy) is 1. The molecule has 0 bridgehead atoms. The molecule has 1 aliphatic heterocycles. The highest BCUT2D eigenvalue weighted by molar-refractivity contribution is 7.14. The summed E-state index contributed by atoms with van der Waals surface area (Å²) < 4.78 is 4.80. The molecule has 2 heterocycles. The van der Waals surface area contributed by atoms with Crippen molar-refractivity contribution in [3.8, 4) is 0 Å². The number of thiophene rings is 1. The molecule has 4 nitrogen and oxygen atoms in total. The van der Waals surface area contributed by atoms with Gasteiger partial charge >= 0.3 is 5.97 Å². The lowest BCUT2D eigenvalue weighted by Gasteiger charge is -2.21. The van der Waals surface area contributed by atoms with Crippen LogP contribution in [-0.2, 0) is 22.4 Å². The minimum Gasteiger partial charge on any atom is -0.467 e. The highest BCUT2D eigenvalue weighted by Gasteiger charge is 2.36. The van der Waals surface area contributed by atoms with E-state index >= 15 is 0 Å². The molecule has 2 aliphatic rings. The quantitative estimate of drug-likeness (QED) is 0.787. The van der Waals surface area contributed by atoms with Gasteiger partial charge in [0.25, 0.3) is 5.91 Å². The maximum absolute atomic E-state index is 12.6. The maximum atomic E-state index is 12.6. The van der Waals surface area contributed by atoms with E-state index in [1.54, 1.807) is 16.2 Å². The van der Waals surface area contributed by atoms with Gasteiger partial charge in [-0.2, -0.15) is 0 Å². The summed E-state index contributed by atoms with van der Waals surface area (Å²) in [6, 6.07) is 1.64. The Kier molecular flexibility index (Phi) is 3.78. The van der Waals surface area contributed by atoms with Gasteiger partial charge < -0.3 is 9.64 Å². The average Bonchev–Trinajstić information content (AvgIpc) is 3.11. The van der Waals surface area contributed by atoms with E-state index in [0.29, 0.717) is 13.0 Å². The highest BCUT2D eigenvalue weighted by Crippen LogP contribution is 2.31. The van der Waals surface area contributed by atoms with Gasteiger partial charge in [-0.1, -0.05) is 0 Å². The van der Waals surface area contributed by atoms with Gasteiger partial charge in [0.05, 0.1) is 12.0 Å². The minimum atomic E-state index is -0.397. The molecule has 0 aromatic carbocycles. The summed E-state index contributed by atoms with van der Waals surface area (Å²) in [6.07, 6.45) is 6.19. The number of nitrogens with zero attached hydrogens (tertiary/aromatic N) is 1. The summed E-state index contributed by atoms with van der Waals surface area (Å²) in [4.78, 5) is 28.2. The van der Waals surface area contributed by atoms with Crippen LogP contribution >= 0.6 is 11.3 Å². The van der Waals surface area contributed by atoms with E-state index in [1.165, 1.54) is 30.4 Å². The number of fused-ring (bicyclic) bond motifs is 1. The third-order valence-corrected chi connectivity index (χ3v) is 5.42. The molecule has 0 radical (unpaired) electrons. The van der Waals surface area contributed by atoms with Crippen molar-refractivity contribution in [2.75, 3.05) is 13.7 Å². The number of carbonyl (C=O) groups excluding carboxylic acids is 2. The topological polar surface area (TPSA) is 46.6 Å². The zero-order valence-electron chi connectivity index (χ0n) is 11.7. The molecule has 0 N–H and O–H groups in total. The van der Waals surface area contributed by atoms with Crippen LogP contribution in [0.5, 0.6) is 0 Å². The molecule has 0 spiro atoms. The molecule has 1 unspecified atom stereocenters. The fourth-order valence-corrected chi connectivity index (χ4v) is 4.34. The van der Waals surface area contributed by atoms with Crippen molar-refractivity contribution in [3.63, 3.8) is 0 Å². The highest BCUT2D eigenvalue weighted by atomic mass is 32.1. The first kappa shape index (κ1) is 13.6. The van der Waals surface area contributed by atoms with Crippen molar-refractivity contribution in [2.24, 2.45) is 0 Å². The number of hydrogen-bond donors (Lipinski definition) is 0. The number of carbonyl (C=O) groups is 2. The predicted molar refractivity (Wildman–Crippen MR) is 77.0 cm³/mol. The second-order valence-corrected chi connectivity index (χ2v) is 6.58. The largest absolute Gasteiger partial charge is 0.467 e. The van der Waals surface area contributed by atoms with E-state index < -0.39 is 6.04 Å². The number of aryl methyl sites for hydroxylation is 2. The van der Waals surface area contributed by atoms with Crippen molar-refractivity contribution >= 4 is 23.2 Å². The molecule has 1 fully saturated rings. The molecule has 1 saturated heterocycles. The maximum Gasteiger partial charge on any atom is 0.328 e. The van der Waals surface area contributed by atoms with Gasteiger partial charge in [-0.25, -0.2) is 4.79 Å². The fraction of sp³-hybridized carbons (Fsp3) is 0.600. The van der Waals surface area contributed by atoms with Crippen LogP contribution in [0.25, 0.3) is 0 Å². The number of methoxy groups -OCH3 is 1. The van der Waals surface area contributed by atoms with Crippen LogP contribution in [-0.4, -0.2) is 36.5 Å². The van der Waals surface area contributed by atoms with Crippen LogP contribution in [0.4, 0.5) is 0 Å². The van der Waals surface area contributed by atoms with Gasteiger partial charge in [-0.05, 0) is 50.2 Å². The monoisotopic (exact) mass is 293 g/mol. The van der Waals surface area contributed by atoms with Gasteiger partial charge in [-0.15, -0.1) is 11.3 Å². The van der Waals surface area contributed by atoms with Gasteiger partial charge in [-0.3, -0.25) is 4.79 Å². The SMILES string of the molecule is COC(=O)C1CCCN1C(=O)c1cc2c(s1)CCCC2. The van der Waals surface area contributed by atoms with Crippen molar-refractivity contribution in [1.29, 1.82) is 0 Å². The molecule has 0 saturated carbocycles. The minimum absolute atomic E-state index is 0.00250. The summed E-state index contributed by atoms with van der Waals surface area (Å²) in [7, 11) is 1.38. The fourth-order valence-electron chi connectivity index (χ4n) is 3.13. The van der Waals surface area contributed by atoms with Crippen LogP contribution in [0.1, 0.15) is 45.8 Å². The van der Waals surface area contributed by atoms with Gasteiger partial charge in [0, 0.05) is 11.4 Å². The Morgan fingerprint density at radius 3 is 2.85 bits per heavy atom. The molecular weight excluding hydrogens is 274 g/mol. The van der Waals surface area contributed by atoms with Gasteiger partial charge in [0.1, 0.15) is 6.04 Å². The molecule has 1 amide bonds. The lowest BCUT2D eigenvalue weighted by atomic mass is 9.99. The summed E-state index contributed by atoms with van der Waals surface area (Å²) in [6.45, 7) is 0.654. The number of rotatable bonds is 2. The Labute approximate surface area is 122 Å². The molecule has 3 rings (SSSR count). The smallest absolute Gasteiger partial charge is 0.328 e. The third kappa shape index (κ3) is 2.35. The standard InChI is InChI=1S/C15H19NO3S/c1-19-15(18)11-6-4-8-16(11)14(17)13-9-10-5-2-3-7-12(10)20-13/h9,11H,2-8H2,1H3. The zero-order chi connectivity index (χ0) is 14.1. The summed E-state index contributed by atoms with van der Waals surface area (Å²) in [5, 5.41) is 0. The summed E-state index contributed by atoms with van der Waals surface area (Å²) in [5.74, 6) is -0.297. The second-order valence-electron chi connectivity index (χ2n) is 5.45. The van der Waals surface area contributed by atoms with Crippen LogP contribution in [0.3, 0.4) is 0 Å². The van der Waals surface area contributed by atoms with E-state index in [0.717, 1.165) is 24.1 Å². The van der Waals surface area contributed by atoms with E-state index in [-0.39, 0.29) is 11.9 Å². The third-order valence-electron chi connectivity index (χ3n) is 4.19. The number of amides is 1. The van der Waals surface area contributed by atoms with E-state index in [9.17, 15) is 9.59 Å². The van der Waals surface area contributed by atoms with Crippen molar-refractivity contribution in [2.45, 2.75) is 44.6 Å². The second kappa shape index (κ2) is 5.56. The van der Waals surface area contributed by atoms with Gasteiger partial charge in [0.15, 0.2) is 0 Å². The Hall–Kier alpha value is -1.36. The first-order valence-corrected chi connectivity index (χ1v) is 8.02. The molecule has 1 aromatic rings. The first-order chi connectivity index (χ1) is 9.70. The lowest BCUT2D eigenvalue weighted by Crippen LogP contribution is -2.40. The number of hydrogen-bond acceptors (Lipinski definition) is 4. The Morgan fingerprint density at radius 2 is 2.10 bits per heavy atom. The molecule has 1 aliphatic carbocycles. The molecular formula is C15H19NO3S. The molecule has 5 heteroatoms. The van der Waals surface area contributed by atoms with Crippen molar-refractivity contribution in [1.82, 2.24) is 4.90 Å². The van der Waals surface area contributed by atoms with Crippen molar-refractivity contribution in [3.05, 3.63) is 21.4 Å². The first-order valence-electron chi connectivity index (χ1n) is 7.21. The average molecular weight is 293 g/mol. The van der Waals surface area contributed by atoms with E-state index in [1.807, 2.05) is 6.07 Å². The molecule has 1 aromatic heterocycles. The lowest BCUT2D eigenvalue weighted by molar-refractivity contribution is -0.145. The summed E-state index contributed by atoms with van der Waals surface area (Å²) >= 11 is 1.61. The zero-order valence-corrected chi connectivity index (χ0v) is 12.5. The molecule has 20 heavy (non-hydrogen) atoms. The number of likely N-dealkylation sites (tertiary alicyclic amines) is 1. The molecule has 1 atom stereocenters. The Balaban J connectivity index is 1.81. The van der Waals surface area contributed by atoms with Crippen molar-refractivity contribution < 1.29 is 14.3 Å². The van der Waals surface area contributed by atoms with Crippen LogP contribution in [0.15, 0.2) is 6.07 Å². The Morgan fingerprint density at radius 1 is 1.30 bits per heavy atom. The predicted octanol–water partition coefficient (Wildman–Crippen LogP) is 2.40. The van der Waals surface area contributed by atoms with Crippen LogP contribution < -0.4 is 0 Å². The van der Waals surface area contributed by atoms with Crippen LogP contribution in [0.2, 0.25) is 0 Å². The molecule has 108 valence electrons. The van der Waals surface area contributed by atoms with Crippen LogP contribution in [0, 0.1) is 0 Å². The van der Waals surface area contributed by atoms with E-state index in [4.69, 9.17) is 4.74 Å². The normalized spacial score (nSPS) is 21.6. The number of esters is 1. The van der Waals surface area contributed by atoms with Gasteiger partial charge in [0.2, 0.25) is 0 Å². The summed E-state index contributed by atoms with van der Waals surface area (Å²) in [5.41, 5.74) is 1.33.